The first-order valence-corrected chi connectivity index (χ1v) is 7.51. The molecule has 21 heavy (non-hydrogen) atoms. The fourth-order valence-electron chi connectivity index (χ4n) is 3.31. The van der Waals surface area contributed by atoms with Crippen LogP contribution in [0.15, 0.2) is 18.2 Å². The molecule has 4 nitrogen and oxygen atoms in total. The number of carbonyl (C=O) groups is 2. The van der Waals surface area contributed by atoms with Gasteiger partial charge in [0.25, 0.3) is 0 Å². The third kappa shape index (κ3) is 3.63. The van der Waals surface area contributed by atoms with E-state index in [9.17, 15) is 9.59 Å². The maximum Gasteiger partial charge on any atom is 0.335 e. The van der Waals surface area contributed by atoms with E-state index in [4.69, 9.17) is 10.2 Å². The van der Waals surface area contributed by atoms with E-state index in [1.165, 1.54) is 30.4 Å². The summed E-state index contributed by atoms with van der Waals surface area (Å²) in [6.45, 7) is 3.96. The summed E-state index contributed by atoms with van der Waals surface area (Å²) in [4.78, 5) is 21.1. The molecule has 0 heterocycles. The van der Waals surface area contributed by atoms with Gasteiger partial charge in [0.2, 0.25) is 0 Å². The smallest absolute Gasteiger partial charge is 0.335 e. The van der Waals surface area contributed by atoms with Crippen molar-refractivity contribution in [3.63, 3.8) is 0 Å². The van der Waals surface area contributed by atoms with Crippen LogP contribution in [0.5, 0.6) is 0 Å². The van der Waals surface area contributed by atoms with E-state index in [1.54, 1.807) is 26.2 Å². The van der Waals surface area contributed by atoms with Crippen molar-refractivity contribution in [2.24, 2.45) is 17.8 Å². The lowest BCUT2D eigenvalue weighted by molar-refractivity contribution is 0.0695. The summed E-state index contributed by atoms with van der Waals surface area (Å²) in [5.74, 6) is 1.29. The predicted molar refractivity (Wildman–Crippen MR) is 79.7 cm³/mol. The Balaban J connectivity index is 0.000000170. The van der Waals surface area contributed by atoms with Crippen molar-refractivity contribution < 1.29 is 19.8 Å². The van der Waals surface area contributed by atoms with Crippen LogP contribution >= 0.6 is 0 Å². The molecule has 1 aromatic rings. The Bertz CT molecular complexity index is 550. The Morgan fingerprint density at radius 3 is 2.29 bits per heavy atom. The highest BCUT2D eigenvalue weighted by atomic mass is 16.4. The van der Waals surface area contributed by atoms with Crippen LogP contribution < -0.4 is 0 Å². The Morgan fingerprint density at radius 2 is 1.90 bits per heavy atom. The summed E-state index contributed by atoms with van der Waals surface area (Å²) in [5, 5.41) is 17.3. The van der Waals surface area contributed by atoms with Crippen molar-refractivity contribution in [3.8, 4) is 0 Å². The minimum Gasteiger partial charge on any atom is -0.478 e. The van der Waals surface area contributed by atoms with E-state index in [1.807, 2.05) is 0 Å². The van der Waals surface area contributed by atoms with E-state index in [2.05, 4.69) is 6.92 Å². The number of aromatic carboxylic acids is 2. The maximum absolute atomic E-state index is 10.6. The van der Waals surface area contributed by atoms with E-state index >= 15 is 0 Å². The average molecular weight is 290 g/mol. The SMILES string of the molecule is CCC1CCC2CC12.Cc1ccc(C(=O)O)cc1C(=O)O. The molecule has 2 fully saturated rings. The number of aryl methyl sites for hydroxylation is 1. The molecular formula is C17H22O4. The third-order valence-corrected chi connectivity index (χ3v) is 4.73. The van der Waals surface area contributed by atoms with E-state index in [-0.39, 0.29) is 11.1 Å². The van der Waals surface area contributed by atoms with Crippen molar-refractivity contribution in [1.29, 1.82) is 0 Å². The van der Waals surface area contributed by atoms with Crippen LogP contribution in [-0.4, -0.2) is 22.2 Å². The molecule has 3 unspecified atom stereocenters. The molecule has 0 radical (unpaired) electrons. The molecule has 0 saturated heterocycles. The van der Waals surface area contributed by atoms with Gasteiger partial charge >= 0.3 is 11.9 Å². The second-order valence-corrected chi connectivity index (χ2v) is 6.05. The van der Waals surface area contributed by atoms with Crippen molar-refractivity contribution in [2.45, 2.75) is 39.5 Å². The Kier molecular flexibility index (Phi) is 4.66. The van der Waals surface area contributed by atoms with Crippen LogP contribution in [0.2, 0.25) is 0 Å². The Hall–Kier alpha value is -1.84. The summed E-state index contributed by atoms with van der Waals surface area (Å²) in [6, 6.07) is 4.01. The van der Waals surface area contributed by atoms with Crippen LogP contribution in [0.25, 0.3) is 0 Å². The molecule has 3 rings (SSSR count). The van der Waals surface area contributed by atoms with Crippen LogP contribution in [0.4, 0.5) is 0 Å². The van der Waals surface area contributed by atoms with Crippen LogP contribution in [0.3, 0.4) is 0 Å². The van der Waals surface area contributed by atoms with Crippen molar-refractivity contribution in [3.05, 3.63) is 34.9 Å². The Labute approximate surface area is 124 Å². The number of hydrogen-bond donors (Lipinski definition) is 2. The first-order valence-electron chi connectivity index (χ1n) is 7.51. The zero-order valence-electron chi connectivity index (χ0n) is 12.5. The zero-order chi connectivity index (χ0) is 15.6. The Morgan fingerprint density at radius 1 is 1.19 bits per heavy atom. The summed E-state index contributed by atoms with van der Waals surface area (Å²) < 4.78 is 0. The molecule has 0 bridgehead atoms. The van der Waals surface area contributed by atoms with Crippen LogP contribution in [0, 0.1) is 24.7 Å². The van der Waals surface area contributed by atoms with E-state index < -0.39 is 11.9 Å². The highest BCUT2D eigenvalue weighted by Crippen LogP contribution is 2.56. The second kappa shape index (κ2) is 6.29. The number of carboxylic acid groups (broad SMARTS) is 2. The lowest BCUT2D eigenvalue weighted by Gasteiger charge is -2.04. The van der Waals surface area contributed by atoms with Gasteiger partial charge in [0.1, 0.15) is 0 Å². The van der Waals surface area contributed by atoms with Crippen molar-refractivity contribution >= 4 is 11.9 Å². The number of rotatable bonds is 3. The summed E-state index contributed by atoms with van der Waals surface area (Å²) in [6.07, 6.45) is 6.13. The molecule has 2 aliphatic carbocycles. The van der Waals surface area contributed by atoms with Gasteiger partial charge in [0.05, 0.1) is 11.1 Å². The molecule has 2 N–H and O–H groups in total. The maximum atomic E-state index is 10.6. The highest BCUT2D eigenvalue weighted by molar-refractivity contribution is 5.94. The second-order valence-electron chi connectivity index (χ2n) is 6.05. The highest BCUT2D eigenvalue weighted by Gasteiger charge is 2.46. The van der Waals surface area contributed by atoms with E-state index in [0.29, 0.717) is 5.56 Å². The van der Waals surface area contributed by atoms with E-state index in [0.717, 1.165) is 12.0 Å². The zero-order valence-corrected chi connectivity index (χ0v) is 12.5. The first kappa shape index (κ1) is 15.5. The van der Waals surface area contributed by atoms with Gasteiger partial charge in [-0.05, 0) is 61.6 Å². The largest absolute Gasteiger partial charge is 0.478 e. The molecule has 0 aromatic heterocycles. The molecule has 4 heteroatoms. The predicted octanol–water partition coefficient (Wildman–Crippen LogP) is 3.83. The normalized spacial score (nSPS) is 25.5. The molecule has 114 valence electrons. The summed E-state index contributed by atoms with van der Waals surface area (Å²) in [7, 11) is 0. The lowest BCUT2D eigenvalue weighted by atomic mass is 10.0. The number of benzene rings is 1. The van der Waals surface area contributed by atoms with Gasteiger partial charge in [-0.15, -0.1) is 0 Å². The first-order chi connectivity index (χ1) is 9.93. The fraction of sp³-hybridized carbons (Fsp3) is 0.529. The van der Waals surface area contributed by atoms with Crippen molar-refractivity contribution in [2.75, 3.05) is 0 Å². The standard InChI is InChI=1S/C9H8O4.C8H14/c1-5-2-3-6(8(10)11)4-7(5)9(12)13;1-2-6-3-4-7-5-8(6)7/h2-4H,1H3,(H,10,11)(H,12,13);6-8H,2-5H2,1H3. The van der Waals surface area contributed by atoms with Gasteiger partial charge < -0.3 is 10.2 Å². The molecule has 2 saturated carbocycles. The monoisotopic (exact) mass is 290 g/mol. The quantitative estimate of drug-likeness (QED) is 0.887. The molecule has 0 spiro atoms. The lowest BCUT2D eigenvalue weighted by Crippen LogP contribution is -2.03. The minimum atomic E-state index is -1.12. The average Bonchev–Trinajstić information content (AvgIpc) is 3.11. The molecule has 0 aliphatic heterocycles. The van der Waals surface area contributed by atoms with Gasteiger partial charge in [0.15, 0.2) is 0 Å². The molecule has 0 amide bonds. The summed E-state index contributed by atoms with van der Waals surface area (Å²) >= 11 is 0. The number of carboxylic acids is 2. The number of fused-ring (bicyclic) bond motifs is 1. The van der Waals surface area contributed by atoms with Crippen molar-refractivity contribution in [1.82, 2.24) is 0 Å². The van der Waals surface area contributed by atoms with Crippen LogP contribution in [0.1, 0.15) is 58.9 Å². The topological polar surface area (TPSA) is 74.6 Å². The fourth-order valence-corrected chi connectivity index (χ4v) is 3.31. The summed E-state index contributed by atoms with van der Waals surface area (Å²) in [5.41, 5.74) is 0.570. The van der Waals surface area contributed by atoms with Crippen LogP contribution in [-0.2, 0) is 0 Å². The molecule has 3 atom stereocenters. The van der Waals surface area contributed by atoms with Gasteiger partial charge in [-0.25, -0.2) is 9.59 Å². The van der Waals surface area contributed by atoms with Gasteiger partial charge in [0, 0.05) is 0 Å². The molecule has 2 aliphatic rings. The molecular weight excluding hydrogens is 268 g/mol. The number of hydrogen-bond acceptors (Lipinski definition) is 2. The van der Waals surface area contributed by atoms with Gasteiger partial charge in [-0.3, -0.25) is 0 Å². The molecule has 1 aromatic carbocycles. The third-order valence-electron chi connectivity index (χ3n) is 4.73. The van der Waals surface area contributed by atoms with Gasteiger partial charge in [-0.2, -0.15) is 0 Å². The van der Waals surface area contributed by atoms with Gasteiger partial charge in [-0.1, -0.05) is 19.4 Å². The minimum absolute atomic E-state index is 0.0111.